The third-order valence-corrected chi connectivity index (χ3v) is 5.95. The maximum absolute atomic E-state index is 12.8. The molecule has 0 spiro atoms. The van der Waals surface area contributed by atoms with E-state index in [4.69, 9.17) is 4.42 Å². The van der Waals surface area contributed by atoms with Crippen molar-refractivity contribution >= 4 is 38.7 Å². The van der Waals surface area contributed by atoms with E-state index < -0.39 is 0 Å². The fourth-order valence-corrected chi connectivity index (χ4v) is 4.16. The molecule has 0 atom stereocenters. The molecule has 0 unspecified atom stereocenters. The predicted molar refractivity (Wildman–Crippen MR) is 116 cm³/mol. The van der Waals surface area contributed by atoms with Gasteiger partial charge in [-0.15, -0.1) is 0 Å². The molecular weight excluding hydrogens is 432 g/mol. The van der Waals surface area contributed by atoms with Crippen LogP contribution in [0.3, 0.4) is 0 Å². The molecule has 1 aliphatic rings. The van der Waals surface area contributed by atoms with Gasteiger partial charge in [-0.25, -0.2) is 0 Å². The zero-order chi connectivity index (χ0) is 20.2. The molecule has 0 aliphatic carbocycles. The van der Waals surface area contributed by atoms with Crippen LogP contribution in [0.2, 0.25) is 0 Å². The lowest BCUT2D eigenvalue weighted by Crippen LogP contribution is -2.50. The van der Waals surface area contributed by atoms with Crippen LogP contribution in [-0.2, 0) is 11.2 Å². The number of piperazine rings is 1. The van der Waals surface area contributed by atoms with Gasteiger partial charge in [0.25, 0.3) is 5.91 Å². The Morgan fingerprint density at radius 3 is 2.38 bits per heavy atom. The smallest absolute Gasteiger partial charge is 0.289 e. The molecule has 0 saturated carbocycles. The molecule has 1 aromatic heterocycles. The lowest BCUT2D eigenvalue weighted by molar-refractivity contribution is -0.132. The summed E-state index contributed by atoms with van der Waals surface area (Å²) >= 11 is 3.45. The second-order valence-corrected chi connectivity index (χ2v) is 8.14. The van der Waals surface area contributed by atoms with E-state index in [1.165, 1.54) is 5.56 Å². The van der Waals surface area contributed by atoms with Gasteiger partial charge < -0.3 is 14.2 Å². The number of fused-ring (bicyclic) bond motifs is 1. The molecule has 3 aromatic rings. The van der Waals surface area contributed by atoms with E-state index in [-0.39, 0.29) is 11.8 Å². The molecule has 150 valence electrons. The Bertz CT molecular complexity index is 1010. The van der Waals surface area contributed by atoms with Crippen molar-refractivity contribution in [3.05, 3.63) is 70.4 Å². The number of furan rings is 1. The summed E-state index contributed by atoms with van der Waals surface area (Å²) in [5.74, 6) is 0.388. The number of para-hydroxylation sites is 1. The van der Waals surface area contributed by atoms with E-state index in [0.717, 1.165) is 22.7 Å². The Morgan fingerprint density at radius 2 is 1.66 bits per heavy atom. The number of aryl methyl sites for hydroxylation is 1. The molecular formula is C23H23BrN2O3. The van der Waals surface area contributed by atoms with Crippen molar-refractivity contribution in [3.8, 4) is 0 Å². The van der Waals surface area contributed by atoms with Crippen LogP contribution in [0.4, 0.5) is 0 Å². The summed E-state index contributed by atoms with van der Waals surface area (Å²) in [4.78, 5) is 28.9. The van der Waals surface area contributed by atoms with Crippen LogP contribution in [0.15, 0.2) is 63.5 Å². The van der Waals surface area contributed by atoms with E-state index in [0.29, 0.717) is 43.9 Å². The molecule has 6 heteroatoms. The highest BCUT2D eigenvalue weighted by atomic mass is 79.9. The maximum atomic E-state index is 12.8. The van der Waals surface area contributed by atoms with Gasteiger partial charge in [0.2, 0.25) is 5.91 Å². The first-order valence-electron chi connectivity index (χ1n) is 9.91. The normalized spacial score (nSPS) is 14.4. The highest BCUT2D eigenvalue weighted by Crippen LogP contribution is 2.27. The Labute approximate surface area is 178 Å². The van der Waals surface area contributed by atoms with E-state index in [9.17, 15) is 9.59 Å². The summed E-state index contributed by atoms with van der Waals surface area (Å²) in [5.41, 5.74) is 1.94. The van der Waals surface area contributed by atoms with Crippen LogP contribution in [-0.4, -0.2) is 47.8 Å². The molecule has 29 heavy (non-hydrogen) atoms. The topological polar surface area (TPSA) is 53.8 Å². The minimum absolute atomic E-state index is 0.121. The molecule has 4 rings (SSSR count). The summed E-state index contributed by atoms with van der Waals surface area (Å²) in [6.45, 7) is 2.20. The third-order valence-electron chi connectivity index (χ3n) is 5.33. The monoisotopic (exact) mass is 454 g/mol. The van der Waals surface area contributed by atoms with Gasteiger partial charge in [0.05, 0.1) is 4.47 Å². The van der Waals surface area contributed by atoms with Gasteiger partial charge in [0.1, 0.15) is 5.58 Å². The van der Waals surface area contributed by atoms with Gasteiger partial charge in [-0.2, -0.15) is 0 Å². The van der Waals surface area contributed by atoms with Gasteiger partial charge in [0.15, 0.2) is 5.76 Å². The first-order chi connectivity index (χ1) is 14.1. The molecule has 1 fully saturated rings. The van der Waals surface area contributed by atoms with Crippen molar-refractivity contribution in [1.82, 2.24) is 9.80 Å². The molecule has 1 saturated heterocycles. The van der Waals surface area contributed by atoms with Crippen LogP contribution in [0.1, 0.15) is 29.0 Å². The fourth-order valence-electron chi connectivity index (χ4n) is 3.69. The minimum Gasteiger partial charge on any atom is -0.450 e. The maximum Gasteiger partial charge on any atom is 0.289 e. The molecule has 2 heterocycles. The molecule has 0 N–H and O–H groups in total. The molecule has 0 bridgehead atoms. The van der Waals surface area contributed by atoms with Crippen LogP contribution in [0.5, 0.6) is 0 Å². The van der Waals surface area contributed by atoms with E-state index in [1.807, 2.05) is 41.3 Å². The van der Waals surface area contributed by atoms with Crippen molar-refractivity contribution in [2.75, 3.05) is 26.2 Å². The molecule has 0 radical (unpaired) electrons. The summed E-state index contributed by atoms with van der Waals surface area (Å²) in [6.07, 6.45) is 2.29. The lowest BCUT2D eigenvalue weighted by Gasteiger charge is -2.34. The Morgan fingerprint density at radius 1 is 0.931 bits per heavy atom. The second-order valence-electron chi connectivity index (χ2n) is 7.28. The van der Waals surface area contributed by atoms with Crippen molar-refractivity contribution in [3.63, 3.8) is 0 Å². The van der Waals surface area contributed by atoms with Crippen molar-refractivity contribution in [2.24, 2.45) is 0 Å². The van der Waals surface area contributed by atoms with Gasteiger partial charge >= 0.3 is 0 Å². The lowest BCUT2D eigenvalue weighted by atomic mass is 10.1. The number of hydrogen-bond donors (Lipinski definition) is 0. The summed E-state index contributed by atoms with van der Waals surface area (Å²) in [7, 11) is 0. The number of benzene rings is 2. The number of carbonyl (C=O) groups excluding carboxylic acids is 2. The Balaban J connectivity index is 1.28. The van der Waals surface area contributed by atoms with E-state index in [2.05, 4.69) is 28.1 Å². The van der Waals surface area contributed by atoms with E-state index >= 15 is 0 Å². The molecule has 5 nitrogen and oxygen atoms in total. The van der Waals surface area contributed by atoms with Gasteiger partial charge in [-0.3, -0.25) is 9.59 Å². The molecule has 1 aliphatic heterocycles. The largest absolute Gasteiger partial charge is 0.450 e. The number of hydrogen-bond acceptors (Lipinski definition) is 3. The first-order valence-corrected chi connectivity index (χ1v) is 10.7. The summed E-state index contributed by atoms with van der Waals surface area (Å²) in [6, 6.07) is 17.7. The fraction of sp³-hybridized carbons (Fsp3) is 0.304. The number of rotatable bonds is 5. The summed E-state index contributed by atoms with van der Waals surface area (Å²) in [5, 5.41) is 0.898. The average molecular weight is 455 g/mol. The van der Waals surface area contributed by atoms with Crippen LogP contribution < -0.4 is 0 Å². The van der Waals surface area contributed by atoms with Gasteiger partial charge in [0, 0.05) is 38.0 Å². The number of nitrogens with zero attached hydrogens (tertiary/aromatic N) is 2. The zero-order valence-corrected chi connectivity index (χ0v) is 17.7. The molecule has 2 aromatic carbocycles. The SMILES string of the molecule is O=C(CCCc1ccccc1)N1CCN(C(=O)c2cc3cccc(Br)c3o2)CC1. The van der Waals surface area contributed by atoms with Crippen molar-refractivity contribution < 1.29 is 14.0 Å². The number of carbonyl (C=O) groups is 2. The van der Waals surface area contributed by atoms with Gasteiger partial charge in [-0.1, -0.05) is 42.5 Å². The summed E-state index contributed by atoms with van der Waals surface area (Å²) < 4.78 is 6.60. The van der Waals surface area contributed by atoms with E-state index in [1.54, 1.807) is 11.0 Å². The first kappa shape index (κ1) is 19.7. The number of halogens is 1. The minimum atomic E-state index is -0.121. The molecule has 2 amide bonds. The average Bonchev–Trinajstić information content (AvgIpc) is 3.20. The standard InChI is InChI=1S/C23H23BrN2O3/c24-19-10-5-9-18-16-20(29-22(18)19)23(28)26-14-12-25(13-15-26)21(27)11-4-8-17-6-2-1-3-7-17/h1-3,5-7,9-10,16H,4,8,11-15H2. The van der Waals surface area contributed by atoms with Crippen LogP contribution >= 0.6 is 15.9 Å². The Hall–Kier alpha value is -2.60. The van der Waals surface area contributed by atoms with Crippen LogP contribution in [0, 0.1) is 0 Å². The highest BCUT2D eigenvalue weighted by Gasteiger charge is 2.26. The predicted octanol–water partition coefficient (Wildman–Crippen LogP) is 4.50. The Kier molecular flexibility index (Phi) is 6.00. The highest BCUT2D eigenvalue weighted by molar-refractivity contribution is 9.10. The number of amides is 2. The van der Waals surface area contributed by atoms with Crippen molar-refractivity contribution in [1.29, 1.82) is 0 Å². The van der Waals surface area contributed by atoms with Crippen LogP contribution in [0.25, 0.3) is 11.0 Å². The van der Waals surface area contributed by atoms with Gasteiger partial charge in [-0.05, 0) is 46.5 Å². The second kappa shape index (κ2) is 8.82. The quantitative estimate of drug-likeness (QED) is 0.569. The third kappa shape index (κ3) is 4.53. The zero-order valence-electron chi connectivity index (χ0n) is 16.1. The van der Waals surface area contributed by atoms with Crippen molar-refractivity contribution in [2.45, 2.75) is 19.3 Å².